The lowest BCUT2D eigenvalue weighted by atomic mass is 10.1. The normalized spacial score (nSPS) is 12.0. The molecule has 0 saturated carbocycles. The number of hydrogen-bond donors (Lipinski definition) is 1. The van der Waals surface area contributed by atoms with Gasteiger partial charge in [0.2, 0.25) is 5.95 Å². The lowest BCUT2D eigenvalue weighted by Gasteiger charge is -2.29. The summed E-state index contributed by atoms with van der Waals surface area (Å²) in [5, 5.41) is 0.645. The second-order valence-corrected chi connectivity index (χ2v) is 5.94. The Labute approximate surface area is 141 Å². The van der Waals surface area contributed by atoms with Crippen LogP contribution in [0.15, 0.2) is 30.3 Å². The van der Waals surface area contributed by atoms with Gasteiger partial charge in [0.1, 0.15) is 5.69 Å². The molecule has 2 aromatic rings. The molecule has 1 amide bonds. The van der Waals surface area contributed by atoms with Crippen LogP contribution in [0.2, 0.25) is 5.02 Å². The maximum Gasteiger partial charge on any atom is 0.273 e. The van der Waals surface area contributed by atoms with Crippen LogP contribution in [0.5, 0.6) is 0 Å². The van der Waals surface area contributed by atoms with Crippen molar-refractivity contribution in [1.29, 1.82) is 0 Å². The van der Waals surface area contributed by atoms with Crippen LogP contribution < -0.4 is 5.73 Å². The van der Waals surface area contributed by atoms with Gasteiger partial charge in [-0.05, 0) is 38.0 Å². The minimum absolute atomic E-state index is 0.0512. The Morgan fingerprint density at radius 2 is 2.04 bits per heavy atom. The van der Waals surface area contributed by atoms with E-state index in [0.717, 1.165) is 12.0 Å². The largest absolute Gasteiger partial charge is 0.368 e. The van der Waals surface area contributed by atoms with Crippen molar-refractivity contribution in [1.82, 2.24) is 14.9 Å². The minimum Gasteiger partial charge on any atom is -0.368 e. The molecule has 1 aromatic heterocycles. The van der Waals surface area contributed by atoms with Gasteiger partial charge in [-0.3, -0.25) is 4.79 Å². The summed E-state index contributed by atoms with van der Waals surface area (Å²) in [5.74, 6) is -0.0633. The van der Waals surface area contributed by atoms with Crippen LogP contribution in [0.4, 0.5) is 5.95 Å². The molecule has 5 nitrogen and oxygen atoms in total. The monoisotopic (exact) mass is 332 g/mol. The number of rotatable bonds is 5. The first-order chi connectivity index (χ1) is 10.9. The number of benzene rings is 1. The zero-order chi connectivity index (χ0) is 17.0. The van der Waals surface area contributed by atoms with Crippen molar-refractivity contribution < 1.29 is 4.79 Å². The maximum absolute atomic E-state index is 12.9. The maximum atomic E-state index is 12.9. The smallest absolute Gasteiger partial charge is 0.273 e. The highest BCUT2D eigenvalue weighted by atomic mass is 35.5. The van der Waals surface area contributed by atoms with E-state index in [-0.39, 0.29) is 17.9 Å². The van der Waals surface area contributed by atoms with Crippen LogP contribution in [0.1, 0.15) is 42.0 Å². The van der Waals surface area contributed by atoms with Gasteiger partial charge in [-0.25, -0.2) is 9.97 Å². The fourth-order valence-electron chi connectivity index (χ4n) is 2.31. The molecule has 122 valence electrons. The number of anilines is 1. The molecule has 0 spiro atoms. The highest BCUT2D eigenvalue weighted by Gasteiger charge is 2.23. The van der Waals surface area contributed by atoms with Crippen LogP contribution in [-0.4, -0.2) is 26.8 Å². The molecule has 0 radical (unpaired) electrons. The fraction of sp³-hybridized carbons (Fsp3) is 0.353. The van der Waals surface area contributed by atoms with E-state index >= 15 is 0 Å². The van der Waals surface area contributed by atoms with Crippen LogP contribution in [0.25, 0.3) is 0 Å². The van der Waals surface area contributed by atoms with Gasteiger partial charge >= 0.3 is 0 Å². The highest BCUT2D eigenvalue weighted by Crippen LogP contribution is 2.20. The standard InChI is InChI=1S/C17H21ClN4O/c1-4-12(3)22(10-13-7-5-6-8-14(13)18)16(23)15-9-11(2)20-17(19)21-15/h5-9,12H,4,10H2,1-3H3,(H2,19,20,21)/t12-/m0/s1. The number of nitrogen functional groups attached to an aromatic ring is 1. The van der Waals surface area contributed by atoms with E-state index < -0.39 is 0 Å². The second kappa shape index (κ2) is 7.42. The summed E-state index contributed by atoms with van der Waals surface area (Å²) in [6, 6.07) is 9.23. The molecule has 2 N–H and O–H groups in total. The third kappa shape index (κ3) is 4.20. The quantitative estimate of drug-likeness (QED) is 0.910. The van der Waals surface area contributed by atoms with Crippen molar-refractivity contribution in [3.8, 4) is 0 Å². The summed E-state index contributed by atoms with van der Waals surface area (Å²) in [4.78, 5) is 22.8. The molecule has 0 aliphatic carbocycles. The van der Waals surface area contributed by atoms with Crippen molar-refractivity contribution in [2.45, 2.75) is 39.8 Å². The molecule has 0 unspecified atom stereocenters. The summed E-state index contributed by atoms with van der Waals surface area (Å²) in [5.41, 5.74) is 7.55. The summed E-state index contributed by atoms with van der Waals surface area (Å²) >= 11 is 6.23. The van der Waals surface area contributed by atoms with Crippen molar-refractivity contribution >= 4 is 23.5 Å². The number of aryl methyl sites for hydroxylation is 1. The number of carbonyl (C=O) groups is 1. The Morgan fingerprint density at radius 3 is 2.65 bits per heavy atom. The van der Waals surface area contributed by atoms with Gasteiger partial charge in [0.25, 0.3) is 5.91 Å². The molecule has 0 fully saturated rings. The first-order valence-electron chi connectivity index (χ1n) is 7.58. The van der Waals surface area contributed by atoms with E-state index in [4.69, 9.17) is 17.3 Å². The molecule has 1 heterocycles. The molecular formula is C17H21ClN4O. The third-order valence-corrected chi connectivity index (χ3v) is 4.14. The SMILES string of the molecule is CC[C@H](C)N(Cc1ccccc1Cl)C(=O)c1cc(C)nc(N)n1. The average molecular weight is 333 g/mol. The van der Waals surface area contributed by atoms with Crippen molar-refractivity contribution in [3.63, 3.8) is 0 Å². The molecule has 0 aliphatic heterocycles. The molecule has 0 saturated heterocycles. The summed E-state index contributed by atoms with van der Waals surface area (Å²) in [6.45, 7) is 6.26. The fourth-order valence-corrected chi connectivity index (χ4v) is 2.50. The molecule has 1 aromatic carbocycles. The molecule has 2 rings (SSSR count). The van der Waals surface area contributed by atoms with Gasteiger partial charge in [-0.1, -0.05) is 36.7 Å². The van der Waals surface area contributed by atoms with E-state index in [1.165, 1.54) is 0 Å². The van der Waals surface area contributed by atoms with Gasteiger partial charge in [-0.15, -0.1) is 0 Å². The van der Waals surface area contributed by atoms with Gasteiger partial charge in [0.05, 0.1) is 0 Å². The van der Waals surface area contributed by atoms with Crippen molar-refractivity contribution in [3.05, 3.63) is 52.3 Å². The zero-order valence-electron chi connectivity index (χ0n) is 13.6. The highest BCUT2D eigenvalue weighted by molar-refractivity contribution is 6.31. The number of carbonyl (C=O) groups excluding carboxylic acids is 1. The minimum atomic E-state index is -0.170. The molecular weight excluding hydrogens is 312 g/mol. The Morgan fingerprint density at radius 1 is 1.35 bits per heavy atom. The Hall–Kier alpha value is -2.14. The number of nitrogens with zero attached hydrogens (tertiary/aromatic N) is 3. The Bertz CT molecular complexity index is 684. The van der Waals surface area contributed by atoms with Crippen LogP contribution in [0, 0.1) is 6.92 Å². The van der Waals surface area contributed by atoms with Gasteiger partial charge < -0.3 is 10.6 Å². The van der Waals surface area contributed by atoms with Crippen molar-refractivity contribution in [2.24, 2.45) is 0 Å². The van der Waals surface area contributed by atoms with Crippen LogP contribution in [0.3, 0.4) is 0 Å². The topological polar surface area (TPSA) is 72.1 Å². The Kier molecular flexibility index (Phi) is 5.55. The number of hydrogen-bond acceptors (Lipinski definition) is 4. The number of aromatic nitrogens is 2. The van der Waals surface area contributed by atoms with E-state index in [1.807, 2.05) is 38.1 Å². The third-order valence-electron chi connectivity index (χ3n) is 3.77. The number of nitrogens with two attached hydrogens (primary N) is 1. The van der Waals surface area contributed by atoms with Gasteiger partial charge in [-0.2, -0.15) is 0 Å². The van der Waals surface area contributed by atoms with Gasteiger partial charge in [0, 0.05) is 23.3 Å². The van der Waals surface area contributed by atoms with Gasteiger partial charge in [0.15, 0.2) is 0 Å². The van der Waals surface area contributed by atoms with Crippen LogP contribution in [-0.2, 0) is 6.54 Å². The lowest BCUT2D eigenvalue weighted by molar-refractivity contribution is 0.0665. The zero-order valence-corrected chi connectivity index (χ0v) is 14.3. The molecule has 6 heteroatoms. The first kappa shape index (κ1) is 17.2. The van der Waals surface area contributed by atoms with E-state index in [0.29, 0.717) is 23.0 Å². The lowest BCUT2D eigenvalue weighted by Crippen LogP contribution is -2.38. The van der Waals surface area contributed by atoms with Crippen molar-refractivity contribution in [2.75, 3.05) is 5.73 Å². The predicted molar refractivity (Wildman–Crippen MR) is 92.3 cm³/mol. The molecule has 23 heavy (non-hydrogen) atoms. The average Bonchev–Trinajstić information content (AvgIpc) is 2.52. The second-order valence-electron chi connectivity index (χ2n) is 5.53. The summed E-state index contributed by atoms with van der Waals surface area (Å²) < 4.78 is 0. The molecule has 0 bridgehead atoms. The summed E-state index contributed by atoms with van der Waals surface area (Å²) in [6.07, 6.45) is 0.829. The van der Waals surface area contributed by atoms with E-state index in [2.05, 4.69) is 9.97 Å². The first-order valence-corrected chi connectivity index (χ1v) is 7.95. The van der Waals surface area contributed by atoms with E-state index in [9.17, 15) is 4.79 Å². The van der Waals surface area contributed by atoms with Crippen LogP contribution >= 0.6 is 11.6 Å². The summed E-state index contributed by atoms with van der Waals surface area (Å²) in [7, 11) is 0. The molecule has 0 aliphatic rings. The number of amides is 1. The predicted octanol–water partition coefficient (Wildman–Crippen LogP) is 3.46. The van der Waals surface area contributed by atoms with E-state index in [1.54, 1.807) is 17.9 Å². The Balaban J connectivity index is 2.34. The molecule has 1 atom stereocenters. The number of halogens is 1.